The summed E-state index contributed by atoms with van der Waals surface area (Å²) < 4.78 is 11.0. The molecule has 0 saturated carbocycles. The lowest BCUT2D eigenvalue weighted by atomic mass is 10.1. The van der Waals surface area contributed by atoms with Gasteiger partial charge in [0.15, 0.2) is 0 Å². The Hall–Kier alpha value is -3.40. The maximum Gasteiger partial charge on any atom is 0.343 e. The van der Waals surface area contributed by atoms with Gasteiger partial charge >= 0.3 is 11.9 Å². The van der Waals surface area contributed by atoms with Crippen LogP contribution in [0, 0.1) is 0 Å². The largest absolute Gasteiger partial charge is 0.423 e. The van der Waals surface area contributed by atoms with Gasteiger partial charge in [0.25, 0.3) is 0 Å². The van der Waals surface area contributed by atoms with Crippen LogP contribution in [0.3, 0.4) is 0 Å². The second-order valence-corrected chi connectivity index (χ2v) is 8.56. The summed E-state index contributed by atoms with van der Waals surface area (Å²) in [6.45, 7) is 4.36. The molecule has 3 aromatic rings. The van der Waals surface area contributed by atoms with E-state index in [0.29, 0.717) is 22.6 Å². The first-order valence-electron chi connectivity index (χ1n) is 12.3. The fraction of sp³-hybridized carbons (Fsp3) is 0.333. The molecule has 0 aliphatic rings. The maximum absolute atomic E-state index is 12.5. The van der Waals surface area contributed by atoms with E-state index in [4.69, 9.17) is 9.47 Å². The Morgan fingerprint density at radius 1 is 0.588 bits per heavy atom. The zero-order valence-corrected chi connectivity index (χ0v) is 20.2. The average molecular weight is 459 g/mol. The lowest BCUT2D eigenvalue weighted by Crippen LogP contribution is -2.10. The van der Waals surface area contributed by atoms with Gasteiger partial charge in [0.05, 0.1) is 11.1 Å². The van der Waals surface area contributed by atoms with Crippen molar-refractivity contribution in [3.05, 3.63) is 95.1 Å². The van der Waals surface area contributed by atoms with Gasteiger partial charge in [-0.3, -0.25) is 0 Å². The maximum atomic E-state index is 12.5. The van der Waals surface area contributed by atoms with Gasteiger partial charge in [0, 0.05) is 6.07 Å². The van der Waals surface area contributed by atoms with Gasteiger partial charge < -0.3 is 9.47 Å². The highest BCUT2D eigenvalue weighted by atomic mass is 16.5. The number of unbranched alkanes of at least 4 members (excludes halogenated alkanes) is 4. The Kier molecular flexibility index (Phi) is 9.90. The molecule has 0 saturated heterocycles. The van der Waals surface area contributed by atoms with E-state index in [1.807, 2.05) is 24.3 Å². The van der Waals surface area contributed by atoms with Crippen LogP contribution < -0.4 is 9.47 Å². The monoisotopic (exact) mass is 458 g/mol. The lowest BCUT2D eigenvalue weighted by molar-refractivity contribution is 0.0733. The van der Waals surface area contributed by atoms with Gasteiger partial charge in [0.1, 0.15) is 11.5 Å². The van der Waals surface area contributed by atoms with Crippen molar-refractivity contribution in [1.82, 2.24) is 0 Å². The van der Waals surface area contributed by atoms with Crippen LogP contribution in [0.5, 0.6) is 11.5 Å². The fourth-order valence-corrected chi connectivity index (χ4v) is 3.71. The van der Waals surface area contributed by atoms with Crippen LogP contribution in [-0.2, 0) is 12.8 Å². The summed E-state index contributed by atoms with van der Waals surface area (Å²) in [6, 6.07) is 21.6. The first-order chi connectivity index (χ1) is 16.6. The van der Waals surface area contributed by atoms with Crippen molar-refractivity contribution >= 4 is 11.9 Å². The SMILES string of the molecule is CCCCCc1ccc(C(=O)Oc2cccc(OC(=O)c3ccc(CCCCC)cc3)c2)cc1. The zero-order chi connectivity index (χ0) is 24.2. The zero-order valence-electron chi connectivity index (χ0n) is 20.2. The molecule has 0 radical (unpaired) electrons. The van der Waals surface area contributed by atoms with E-state index in [2.05, 4.69) is 13.8 Å². The molecule has 0 heterocycles. The van der Waals surface area contributed by atoms with Gasteiger partial charge in [-0.25, -0.2) is 9.59 Å². The summed E-state index contributed by atoms with van der Waals surface area (Å²) in [5.41, 5.74) is 3.40. The number of ether oxygens (including phenoxy) is 2. The van der Waals surface area contributed by atoms with Crippen molar-refractivity contribution in [2.24, 2.45) is 0 Å². The molecule has 0 bridgehead atoms. The number of hydrogen-bond acceptors (Lipinski definition) is 4. The molecule has 4 heteroatoms. The summed E-state index contributed by atoms with van der Waals surface area (Å²) in [7, 11) is 0. The Morgan fingerprint density at radius 3 is 1.38 bits per heavy atom. The lowest BCUT2D eigenvalue weighted by Gasteiger charge is -2.09. The molecule has 0 atom stereocenters. The molecular weight excluding hydrogens is 424 g/mol. The van der Waals surface area contributed by atoms with E-state index >= 15 is 0 Å². The number of benzene rings is 3. The van der Waals surface area contributed by atoms with E-state index in [0.717, 1.165) is 25.7 Å². The summed E-state index contributed by atoms with van der Waals surface area (Å²) in [6.07, 6.45) is 9.10. The minimum absolute atomic E-state index is 0.327. The third-order valence-electron chi connectivity index (χ3n) is 5.74. The van der Waals surface area contributed by atoms with Gasteiger partial charge in [-0.05, 0) is 73.2 Å². The summed E-state index contributed by atoms with van der Waals surface area (Å²) in [5, 5.41) is 0. The molecule has 0 fully saturated rings. The highest BCUT2D eigenvalue weighted by molar-refractivity contribution is 5.92. The normalized spacial score (nSPS) is 10.6. The number of aryl methyl sites for hydroxylation is 2. The Balaban J connectivity index is 1.56. The van der Waals surface area contributed by atoms with E-state index in [1.54, 1.807) is 48.5 Å². The van der Waals surface area contributed by atoms with Crippen molar-refractivity contribution < 1.29 is 19.1 Å². The number of esters is 2. The summed E-state index contributed by atoms with van der Waals surface area (Å²) in [4.78, 5) is 25.1. The number of carbonyl (C=O) groups excluding carboxylic acids is 2. The topological polar surface area (TPSA) is 52.6 Å². The Bertz CT molecular complexity index is 969. The van der Waals surface area contributed by atoms with Crippen molar-refractivity contribution in [2.75, 3.05) is 0 Å². The fourth-order valence-electron chi connectivity index (χ4n) is 3.71. The molecule has 0 N–H and O–H groups in total. The molecule has 0 spiro atoms. The van der Waals surface area contributed by atoms with E-state index < -0.39 is 11.9 Å². The average Bonchev–Trinajstić information content (AvgIpc) is 2.85. The third kappa shape index (κ3) is 7.87. The smallest absolute Gasteiger partial charge is 0.343 e. The van der Waals surface area contributed by atoms with E-state index in [-0.39, 0.29) is 0 Å². The summed E-state index contributed by atoms with van der Waals surface area (Å²) >= 11 is 0. The van der Waals surface area contributed by atoms with Crippen molar-refractivity contribution in [1.29, 1.82) is 0 Å². The van der Waals surface area contributed by atoms with Crippen molar-refractivity contribution in [2.45, 2.75) is 65.2 Å². The van der Waals surface area contributed by atoms with Crippen LogP contribution in [0.1, 0.15) is 84.2 Å². The number of carbonyl (C=O) groups is 2. The molecule has 0 aliphatic carbocycles. The van der Waals surface area contributed by atoms with Crippen LogP contribution in [0.2, 0.25) is 0 Å². The Labute approximate surface area is 202 Å². The molecule has 4 nitrogen and oxygen atoms in total. The predicted molar refractivity (Wildman–Crippen MR) is 136 cm³/mol. The van der Waals surface area contributed by atoms with Gasteiger partial charge in [-0.1, -0.05) is 69.9 Å². The predicted octanol–water partition coefficient (Wildman–Crippen LogP) is 7.59. The second-order valence-electron chi connectivity index (χ2n) is 8.56. The highest BCUT2D eigenvalue weighted by Gasteiger charge is 2.12. The minimum atomic E-state index is -0.442. The molecule has 3 rings (SSSR count). The minimum Gasteiger partial charge on any atom is -0.423 e. The van der Waals surface area contributed by atoms with Crippen LogP contribution in [0.25, 0.3) is 0 Å². The Morgan fingerprint density at radius 2 is 1.00 bits per heavy atom. The van der Waals surface area contributed by atoms with Gasteiger partial charge in [-0.15, -0.1) is 0 Å². The van der Waals surface area contributed by atoms with Crippen molar-refractivity contribution in [3.8, 4) is 11.5 Å². The van der Waals surface area contributed by atoms with Crippen LogP contribution >= 0.6 is 0 Å². The standard InChI is InChI=1S/C30H34O4/c1-3-5-7-10-23-14-18-25(19-15-23)29(31)33-27-12-9-13-28(22-27)34-30(32)26-20-16-24(17-21-26)11-8-6-4-2/h9,12-22H,3-8,10-11H2,1-2H3. The first kappa shape index (κ1) is 25.2. The highest BCUT2D eigenvalue weighted by Crippen LogP contribution is 2.22. The quantitative estimate of drug-likeness (QED) is 0.159. The van der Waals surface area contributed by atoms with E-state index in [9.17, 15) is 9.59 Å². The van der Waals surface area contributed by atoms with Gasteiger partial charge in [0.2, 0.25) is 0 Å². The third-order valence-corrected chi connectivity index (χ3v) is 5.74. The van der Waals surface area contributed by atoms with Gasteiger partial charge in [-0.2, -0.15) is 0 Å². The van der Waals surface area contributed by atoms with E-state index in [1.165, 1.54) is 36.8 Å². The molecule has 0 aromatic heterocycles. The molecule has 0 aliphatic heterocycles. The summed E-state index contributed by atoms with van der Waals surface area (Å²) in [5.74, 6) is -0.230. The second kappa shape index (κ2) is 13.3. The molecule has 0 amide bonds. The van der Waals surface area contributed by atoms with Crippen LogP contribution in [0.15, 0.2) is 72.8 Å². The molecule has 34 heavy (non-hydrogen) atoms. The van der Waals surface area contributed by atoms with Crippen LogP contribution in [-0.4, -0.2) is 11.9 Å². The number of hydrogen-bond donors (Lipinski definition) is 0. The molecule has 0 unspecified atom stereocenters. The molecule has 3 aromatic carbocycles. The molecular formula is C30H34O4. The molecule has 178 valence electrons. The van der Waals surface area contributed by atoms with Crippen molar-refractivity contribution in [3.63, 3.8) is 0 Å². The van der Waals surface area contributed by atoms with Crippen LogP contribution in [0.4, 0.5) is 0 Å². The first-order valence-corrected chi connectivity index (χ1v) is 12.3. The number of rotatable bonds is 12.